The van der Waals surface area contributed by atoms with Crippen LogP contribution in [-0.4, -0.2) is 46.3 Å². The number of nitrogens with one attached hydrogen (secondary N) is 1. The van der Waals surface area contributed by atoms with Crippen molar-refractivity contribution in [2.24, 2.45) is 0 Å². The van der Waals surface area contributed by atoms with Gasteiger partial charge in [-0.05, 0) is 69.5 Å². The summed E-state index contributed by atoms with van der Waals surface area (Å²) in [5.74, 6) is 0.531. The van der Waals surface area contributed by atoms with Gasteiger partial charge in [0.05, 0.1) is 12.0 Å². The van der Waals surface area contributed by atoms with Gasteiger partial charge in [0, 0.05) is 25.2 Å². The Kier molecular flexibility index (Phi) is 6.33. The molecule has 1 unspecified atom stereocenters. The fourth-order valence-corrected chi connectivity index (χ4v) is 4.11. The van der Waals surface area contributed by atoms with Crippen LogP contribution in [0.5, 0.6) is 0 Å². The third kappa shape index (κ3) is 4.65. The first kappa shape index (κ1) is 20.4. The zero-order valence-corrected chi connectivity index (χ0v) is 17.8. The van der Waals surface area contributed by atoms with Crippen molar-refractivity contribution in [3.63, 3.8) is 0 Å². The number of rotatable bonds is 7. The lowest BCUT2D eigenvalue weighted by Crippen LogP contribution is -2.39. The van der Waals surface area contributed by atoms with Gasteiger partial charge in [0.1, 0.15) is 11.4 Å². The van der Waals surface area contributed by atoms with E-state index in [4.69, 9.17) is 4.42 Å². The first-order valence-corrected chi connectivity index (χ1v) is 10.8. The summed E-state index contributed by atoms with van der Waals surface area (Å²) in [6.07, 6.45) is 6.44. The first-order chi connectivity index (χ1) is 14.6. The van der Waals surface area contributed by atoms with Crippen molar-refractivity contribution in [2.75, 3.05) is 19.6 Å². The van der Waals surface area contributed by atoms with Crippen molar-refractivity contribution in [3.05, 3.63) is 60.0 Å². The number of hydrogen-bond donors (Lipinski definition) is 1. The monoisotopic (exact) mass is 406 g/mol. The van der Waals surface area contributed by atoms with Crippen molar-refractivity contribution in [2.45, 2.75) is 45.6 Å². The smallest absolute Gasteiger partial charge is 0.270 e. The van der Waals surface area contributed by atoms with Crippen LogP contribution in [0.25, 0.3) is 17.1 Å². The summed E-state index contributed by atoms with van der Waals surface area (Å²) < 4.78 is 7.19. The van der Waals surface area contributed by atoms with Crippen molar-refractivity contribution in [3.8, 4) is 17.1 Å². The van der Waals surface area contributed by atoms with Crippen LogP contribution in [0.15, 0.2) is 53.1 Å². The molecule has 0 spiro atoms. The maximum absolute atomic E-state index is 13.0. The topological polar surface area (TPSA) is 63.3 Å². The first-order valence-electron chi connectivity index (χ1n) is 10.8. The quantitative estimate of drug-likeness (QED) is 0.590. The molecule has 3 heterocycles. The number of aromatic nitrogens is 2. The number of carbonyl (C=O) groups excluding carboxylic acids is 1. The van der Waals surface area contributed by atoms with Gasteiger partial charge >= 0.3 is 0 Å². The second-order valence-corrected chi connectivity index (χ2v) is 8.13. The van der Waals surface area contributed by atoms with E-state index in [9.17, 15) is 4.79 Å². The summed E-state index contributed by atoms with van der Waals surface area (Å²) in [6, 6.07) is 14.1. The van der Waals surface area contributed by atoms with Gasteiger partial charge in [0.2, 0.25) is 0 Å². The molecule has 4 rings (SSSR count). The molecule has 6 nitrogen and oxygen atoms in total. The van der Waals surface area contributed by atoms with Crippen LogP contribution >= 0.6 is 0 Å². The molecule has 0 radical (unpaired) electrons. The molecule has 1 aliphatic heterocycles. The van der Waals surface area contributed by atoms with E-state index in [0.717, 1.165) is 24.2 Å². The van der Waals surface area contributed by atoms with Crippen LogP contribution in [0, 0.1) is 6.92 Å². The molecular weight excluding hydrogens is 376 g/mol. The lowest BCUT2D eigenvalue weighted by atomic mass is 10.0. The minimum atomic E-state index is -0.117. The molecular formula is C24H30N4O2. The Hall–Kier alpha value is -2.86. The second kappa shape index (κ2) is 9.30. The number of carbonyl (C=O) groups is 1. The Morgan fingerprint density at radius 2 is 2.13 bits per heavy atom. The van der Waals surface area contributed by atoms with E-state index in [2.05, 4.69) is 22.2 Å². The van der Waals surface area contributed by atoms with Crippen molar-refractivity contribution in [1.82, 2.24) is 20.0 Å². The van der Waals surface area contributed by atoms with Gasteiger partial charge in [0.15, 0.2) is 5.76 Å². The summed E-state index contributed by atoms with van der Waals surface area (Å²) in [6.45, 7) is 7.17. The summed E-state index contributed by atoms with van der Waals surface area (Å²) in [5.41, 5.74) is 3.14. The number of amides is 1. The Bertz CT molecular complexity index is 977. The SMILES string of the molecule is Cc1cccc(-n2nc(-c3ccco3)cc2C(=O)NCCCN2CCCCC2C)c1. The molecule has 30 heavy (non-hydrogen) atoms. The van der Waals surface area contributed by atoms with Gasteiger partial charge in [-0.2, -0.15) is 5.10 Å². The van der Waals surface area contributed by atoms with Gasteiger partial charge in [-0.3, -0.25) is 4.79 Å². The third-order valence-corrected chi connectivity index (χ3v) is 5.81. The number of likely N-dealkylation sites (tertiary alicyclic amines) is 1. The summed E-state index contributed by atoms with van der Waals surface area (Å²) in [7, 11) is 0. The molecule has 0 saturated carbocycles. The predicted octanol–water partition coefficient (Wildman–Crippen LogP) is 4.44. The van der Waals surface area contributed by atoms with E-state index in [1.54, 1.807) is 17.0 Å². The molecule has 0 aliphatic carbocycles. The van der Waals surface area contributed by atoms with Crippen LogP contribution in [0.4, 0.5) is 0 Å². The van der Waals surface area contributed by atoms with Crippen molar-refractivity contribution >= 4 is 5.91 Å². The number of aryl methyl sites for hydroxylation is 1. The van der Waals surface area contributed by atoms with E-state index in [0.29, 0.717) is 29.7 Å². The number of hydrogen-bond acceptors (Lipinski definition) is 4. The van der Waals surface area contributed by atoms with Crippen LogP contribution in [0.2, 0.25) is 0 Å². The summed E-state index contributed by atoms with van der Waals surface area (Å²) >= 11 is 0. The minimum absolute atomic E-state index is 0.117. The van der Waals surface area contributed by atoms with E-state index in [1.807, 2.05) is 43.3 Å². The van der Waals surface area contributed by atoms with E-state index in [1.165, 1.54) is 25.8 Å². The molecule has 2 aromatic heterocycles. The van der Waals surface area contributed by atoms with Crippen LogP contribution < -0.4 is 5.32 Å². The zero-order chi connectivity index (χ0) is 20.9. The summed E-state index contributed by atoms with van der Waals surface area (Å²) in [4.78, 5) is 15.5. The average molecular weight is 407 g/mol. The maximum atomic E-state index is 13.0. The largest absolute Gasteiger partial charge is 0.463 e. The highest BCUT2D eigenvalue weighted by Gasteiger charge is 2.20. The Morgan fingerprint density at radius 1 is 1.23 bits per heavy atom. The Morgan fingerprint density at radius 3 is 2.90 bits per heavy atom. The fourth-order valence-electron chi connectivity index (χ4n) is 4.11. The molecule has 6 heteroatoms. The fraction of sp³-hybridized carbons (Fsp3) is 0.417. The van der Waals surface area contributed by atoms with E-state index < -0.39 is 0 Å². The molecule has 1 aromatic carbocycles. The van der Waals surface area contributed by atoms with Gasteiger partial charge < -0.3 is 14.6 Å². The highest BCUT2D eigenvalue weighted by atomic mass is 16.3. The van der Waals surface area contributed by atoms with Crippen LogP contribution in [0.1, 0.15) is 48.7 Å². The van der Waals surface area contributed by atoms with E-state index in [-0.39, 0.29) is 5.91 Å². The highest BCUT2D eigenvalue weighted by molar-refractivity contribution is 5.94. The molecule has 1 atom stereocenters. The maximum Gasteiger partial charge on any atom is 0.270 e. The lowest BCUT2D eigenvalue weighted by molar-refractivity contribution is 0.0941. The normalized spacial score (nSPS) is 17.2. The second-order valence-electron chi connectivity index (χ2n) is 8.13. The van der Waals surface area contributed by atoms with E-state index >= 15 is 0 Å². The Labute approximate surface area is 177 Å². The molecule has 1 aliphatic rings. The molecule has 158 valence electrons. The lowest BCUT2D eigenvalue weighted by Gasteiger charge is -2.33. The van der Waals surface area contributed by atoms with Crippen molar-refractivity contribution in [1.29, 1.82) is 0 Å². The van der Waals surface area contributed by atoms with Crippen LogP contribution in [-0.2, 0) is 0 Å². The Balaban J connectivity index is 1.47. The van der Waals surface area contributed by atoms with Gasteiger partial charge in [-0.25, -0.2) is 4.68 Å². The van der Waals surface area contributed by atoms with Gasteiger partial charge in [0.25, 0.3) is 5.91 Å². The molecule has 1 amide bonds. The molecule has 1 N–H and O–H groups in total. The number of piperidine rings is 1. The van der Waals surface area contributed by atoms with Gasteiger partial charge in [-0.1, -0.05) is 18.6 Å². The number of nitrogens with zero attached hydrogens (tertiary/aromatic N) is 3. The molecule has 1 fully saturated rings. The molecule has 0 bridgehead atoms. The minimum Gasteiger partial charge on any atom is -0.463 e. The highest BCUT2D eigenvalue weighted by Crippen LogP contribution is 2.23. The van der Waals surface area contributed by atoms with Crippen LogP contribution in [0.3, 0.4) is 0 Å². The van der Waals surface area contributed by atoms with Crippen molar-refractivity contribution < 1.29 is 9.21 Å². The predicted molar refractivity (Wildman–Crippen MR) is 118 cm³/mol. The average Bonchev–Trinajstić information content (AvgIpc) is 3.42. The zero-order valence-electron chi connectivity index (χ0n) is 17.8. The standard InChI is InChI=1S/C24H30N4O2/c1-18-8-5-10-20(16-18)28-22(17-21(26-28)23-11-6-15-30-23)24(29)25-12-7-14-27-13-4-3-9-19(27)2/h5-6,8,10-11,15-17,19H,3-4,7,9,12-14H2,1-2H3,(H,25,29). The van der Waals surface area contributed by atoms with Gasteiger partial charge in [-0.15, -0.1) is 0 Å². The molecule has 1 saturated heterocycles. The molecule has 3 aromatic rings. The third-order valence-electron chi connectivity index (χ3n) is 5.81. The number of benzene rings is 1. The number of furan rings is 1. The summed E-state index contributed by atoms with van der Waals surface area (Å²) in [5, 5.41) is 7.73.